The fourth-order valence-corrected chi connectivity index (χ4v) is 2.42. The van der Waals surface area contributed by atoms with Crippen LogP contribution in [0.3, 0.4) is 0 Å². The summed E-state index contributed by atoms with van der Waals surface area (Å²) in [5, 5.41) is 5.58. The van der Waals surface area contributed by atoms with Gasteiger partial charge in [-0.2, -0.15) is 0 Å². The van der Waals surface area contributed by atoms with Gasteiger partial charge in [0.15, 0.2) is 0 Å². The van der Waals surface area contributed by atoms with E-state index in [2.05, 4.69) is 16.8 Å². The zero-order valence-electron chi connectivity index (χ0n) is 6.14. The molecule has 1 atom stereocenters. The molecule has 2 heterocycles. The van der Waals surface area contributed by atoms with E-state index in [1.807, 2.05) is 0 Å². The average Bonchev–Trinajstić information content (AvgIpc) is 2.55. The van der Waals surface area contributed by atoms with Crippen molar-refractivity contribution in [3.05, 3.63) is 21.3 Å². The summed E-state index contributed by atoms with van der Waals surface area (Å²) in [6, 6.07) is 2.63. The molecule has 1 aromatic heterocycles. The van der Waals surface area contributed by atoms with E-state index in [1.165, 1.54) is 18.4 Å². The Balaban J connectivity index is 2.15. The Morgan fingerprint density at radius 2 is 2.55 bits per heavy atom. The lowest BCUT2D eigenvalue weighted by molar-refractivity contribution is 0.650. The van der Waals surface area contributed by atoms with Crippen molar-refractivity contribution >= 4 is 22.9 Å². The van der Waals surface area contributed by atoms with Gasteiger partial charge in [-0.25, -0.2) is 0 Å². The predicted octanol–water partition coefficient (Wildman–Crippen LogP) is 2.83. The van der Waals surface area contributed by atoms with Gasteiger partial charge in [0, 0.05) is 6.04 Å². The third-order valence-electron chi connectivity index (χ3n) is 2.05. The molecule has 3 heteroatoms. The first-order valence-corrected chi connectivity index (χ1v) is 5.09. The van der Waals surface area contributed by atoms with Crippen LogP contribution in [-0.2, 0) is 0 Å². The molecule has 1 N–H and O–H groups in total. The molecule has 60 valence electrons. The van der Waals surface area contributed by atoms with Gasteiger partial charge < -0.3 is 5.32 Å². The van der Waals surface area contributed by atoms with Crippen molar-refractivity contribution in [2.45, 2.75) is 18.9 Å². The zero-order valence-corrected chi connectivity index (χ0v) is 7.71. The maximum absolute atomic E-state index is 5.83. The fourth-order valence-electron chi connectivity index (χ4n) is 1.48. The molecule has 0 saturated carbocycles. The van der Waals surface area contributed by atoms with Crippen molar-refractivity contribution < 1.29 is 0 Å². The fraction of sp³-hybridized carbons (Fsp3) is 0.500. The molecule has 0 bridgehead atoms. The summed E-state index contributed by atoms with van der Waals surface area (Å²) in [7, 11) is 0. The molecular formula is C8H10ClNS. The lowest BCUT2D eigenvalue weighted by Gasteiger charge is -2.05. The minimum atomic E-state index is 0.568. The van der Waals surface area contributed by atoms with Crippen molar-refractivity contribution in [1.82, 2.24) is 5.32 Å². The largest absolute Gasteiger partial charge is 0.310 e. The molecule has 1 unspecified atom stereocenters. The van der Waals surface area contributed by atoms with Crippen LogP contribution >= 0.6 is 22.9 Å². The van der Waals surface area contributed by atoms with Gasteiger partial charge in [0.2, 0.25) is 0 Å². The van der Waals surface area contributed by atoms with E-state index in [1.54, 1.807) is 11.3 Å². The van der Waals surface area contributed by atoms with Crippen molar-refractivity contribution in [3.63, 3.8) is 0 Å². The minimum absolute atomic E-state index is 0.568. The van der Waals surface area contributed by atoms with Crippen LogP contribution in [-0.4, -0.2) is 6.54 Å². The van der Waals surface area contributed by atoms with E-state index < -0.39 is 0 Å². The Labute approximate surface area is 75.4 Å². The number of thiophene rings is 1. The Kier molecular flexibility index (Phi) is 2.16. The third-order valence-corrected chi connectivity index (χ3v) is 3.16. The molecule has 0 spiro atoms. The average molecular weight is 188 g/mol. The molecule has 1 aliphatic heterocycles. The van der Waals surface area contributed by atoms with Crippen LogP contribution in [0.15, 0.2) is 11.4 Å². The second kappa shape index (κ2) is 3.13. The number of hydrogen-bond donors (Lipinski definition) is 1. The Hall–Kier alpha value is -0.0500. The first-order valence-electron chi connectivity index (χ1n) is 3.83. The summed E-state index contributed by atoms with van der Waals surface area (Å²) in [6.45, 7) is 1.15. The summed E-state index contributed by atoms with van der Waals surface area (Å²) in [4.78, 5) is 0. The quantitative estimate of drug-likeness (QED) is 0.713. The minimum Gasteiger partial charge on any atom is -0.310 e. The molecule has 1 aliphatic rings. The first-order chi connectivity index (χ1) is 5.36. The van der Waals surface area contributed by atoms with Gasteiger partial charge in [0.25, 0.3) is 0 Å². The third kappa shape index (κ3) is 1.58. The first kappa shape index (κ1) is 7.59. The summed E-state index contributed by atoms with van der Waals surface area (Å²) in [5.74, 6) is 0. The van der Waals surface area contributed by atoms with E-state index >= 15 is 0 Å². The van der Waals surface area contributed by atoms with Crippen LogP contribution in [0.2, 0.25) is 4.34 Å². The molecule has 0 radical (unpaired) electrons. The smallest absolute Gasteiger partial charge is 0.0931 e. The SMILES string of the molecule is Clc1cc(C2CCCN2)cs1. The lowest BCUT2D eigenvalue weighted by Crippen LogP contribution is -2.11. The second-order valence-electron chi connectivity index (χ2n) is 2.83. The van der Waals surface area contributed by atoms with Gasteiger partial charge in [-0.05, 0) is 36.4 Å². The van der Waals surface area contributed by atoms with Crippen molar-refractivity contribution in [2.24, 2.45) is 0 Å². The van der Waals surface area contributed by atoms with Crippen LogP contribution in [0.4, 0.5) is 0 Å². The maximum Gasteiger partial charge on any atom is 0.0931 e. The molecule has 0 amide bonds. The topological polar surface area (TPSA) is 12.0 Å². The molecule has 1 fully saturated rings. The van der Waals surface area contributed by atoms with E-state index in [-0.39, 0.29) is 0 Å². The van der Waals surface area contributed by atoms with Crippen LogP contribution < -0.4 is 5.32 Å². The standard InChI is InChI=1S/C8H10ClNS/c9-8-4-6(5-11-8)7-2-1-3-10-7/h4-5,7,10H,1-3H2. The van der Waals surface area contributed by atoms with Gasteiger partial charge in [-0.3, -0.25) is 0 Å². The maximum atomic E-state index is 5.83. The van der Waals surface area contributed by atoms with Gasteiger partial charge in [-0.1, -0.05) is 11.6 Å². The van der Waals surface area contributed by atoms with Gasteiger partial charge in [0.1, 0.15) is 0 Å². The molecule has 1 aromatic rings. The normalized spacial score (nSPS) is 24.3. The van der Waals surface area contributed by atoms with Crippen molar-refractivity contribution in [3.8, 4) is 0 Å². The monoisotopic (exact) mass is 187 g/mol. The van der Waals surface area contributed by atoms with Gasteiger partial charge >= 0.3 is 0 Å². The highest BCUT2D eigenvalue weighted by Gasteiger charge is 2.16. The molecule has 0 aliphatic carbocycles. The number of nitrogens with one attached hydrogen (secondary N) is 1. The zero-order chi connectivity index (χ0) is 7.68. The highest BCUT2D eigenvalue weighted by molar-refractivity contribution is 7.14. The van der Waals surface area contributed by atoms with Crippen LogP contribution in [0, 0.1) is 0 Å². The molecule has 11 heavy (non-hydrogen) atoms. The highest BCUT2D eigenvalue weighted by Crippen LogP contribution is 2.29. The van der Waals surface area contributed by atoms with Crippen LogP contribution in [0.1, 0.15) is 24.4 Å². The summed E-state index contributed by atoms with van der Waals surface area (Å²) < 4.78 is 0.897. The highest BCUT2D eigenvalue weighted by atomic mass is 35.5. The molecule has 0 aromatic carbocycles. The summed E-state index contributed by atoms with van der Waals surface area (Å²) in [5.41, 5.74) is 1.36. The second-order valence-corrected chi connectivity index (χ2v) is 4.38. The van der Waals surface area contributed by atoms with Gasteiger partial charge in [0.05, 0.1) is 4.34 Å². The lowest BCUT2D eigenvalue weighted by atomic mass is 10.1. The molecule has 1 saturated heterocycles. The van der Waals surface area contributed by atoms with Crippen LogP contribution in [0.25, 0.3) is 0 Å². The number of rotatable bonds is 1. The van der Waals surface area contributed by atoms with Crippen molar-refractivity contribution in [2.75, 3.05) is 6.54 Å². The van der Waals surface area contributed by atoms with E-state index in [9.17, 15) is 0 Å². The Morgan fingerprint density at radius 1 is 1.64 bits per heavy atom. The predicted molar refractivity (Wildman–Crippen MR) is 49.3 cm³/mol. The van der Waals surface area contributed by atoms with E-state index in [0.717, 1.165) is 10.9 Å². The molecule has 2 rings (SSSR count). The number of halogens is 1. The molecule has 1 nitrogen and oxygen atoms in total. The number of hydrogen-bond acceptors (Lipinski definition) is 2. The molecular weight excluding hydrogens is 178 g/mol. The summed E-state index contributed by atoms with van der Waals surface area (Å²) >= 11 is 7.45. The Morgan fingerprint density at radius 3 is 3.09 bits per heavy atom. The van der Waals surface area contributed by atoms with Crippen LogP contribution in [0.5, 0.6) is 0 Å². The van der Waals surface area contributed by atoms with E-state index in [4.69, 9.17) is 11.6 Å². The van der Waals surface area contributed by atoms with E-state index in [0.29, 0.717) is 6.04 Å². The Bertz CT molecular complexity index is 240. The van der Waals surface area contributed by atoms with Crippen molar-refractivity contribution in [1.29, 1.82) is 0 Å². The summed E-state index contributed by atoms with van der Waals surface area (Å²) in [6.07, 6.45) is 2.55. The van der Waals surface area contributed by atoms with Gasteiger partial charge in [-0.15, -0.1) is 11.3 Å².